The molecule has 256 valence electrons. The molecule has 1 fully saturated rings. The molecular formula is C35H37N5O9. The maximum atomic E-state index is 12.1. The van der Waals surface area contributed by atoms with Crippen molar-refractivity contribution < 1.29 is 38.2 Å². The van der Waals surface area contributed by atoms with E-state index in [4.69, 9.17) is 23.7 Å². The number of esters is 1. The maximum Gasteiger partial charge on any atom is 0.412 e. The third-order valence-corrected chi connectivity index (χ3v) is 7.17. The molecule has 1 aliphatic rings. The van der Waals surface area contributed by atoms with Crippen molar-refractivity contribution in [3.05, 3.63) is 94.2 Å². The molecule has 1 aromatic heterocycles. The summed E-state index contributed by atoms with van der Waals surface area (Å²) in [6.45, 7) is 6.71. The molecule has 1 aliphatic heterocycles. The molecule has 5 rings (SSSR count). The number of carbonyl (C=O) groups is 2. The number of aromatic nitrogens is 2. The van der Waals surface area contributed by atoms with Gasteiger partial charge in [-0.3, -0.25) is 15.4 Å². The number of nitrogens with zero attached hydrogens (tertiary/aromatic N) is 3. The fourth-order valence-electron chi connectivity index (χ4n) is 4.93. The number of nitro groups is 1. The molecule has 3 aromatic carbocycles. The molecule has 0 radical (unpaired) electrons. The predicted octanol–water partition coefficient (Wildman–Crippen LogP) is 7.07. The van der Waals surface area contributed by atoms with Gasteiger partial charge < -0.3 is 29.0 Å². The van der Waals surface area contributed by atoms with Crippen molar-refractivity contribution in [2.75, 3.05) is 31.0 Å². The van der Waals surface area contributed by atoms with E-state index in [2.05, 4.69) is 20.6 Å². The van der Waals surface area contributed by atoms with Gasteiger partial charge in [-0.05, 0) is 94.3 Å². The van der Waals surface area contributed by atoms with Crippen LogP contribution in [0.15, 0.2) is 72.9 Å². The average Bonchev–Trinajstić information content (AvgIpc) is 3.08. The summed E-state index contributed by atoms with van der Waals surface area (Å²) in [5.74, 6) is 0.699. The Morgan fingerprint density at radius 2 is 1.82 bits per heavy atom. The van der Waals surface area contributed by atoms with E-state index < -0.39 is 22.6 Å². The largest absolute Gasteiger partial charge is 0.489 e. The van der Waals surface area contributed by atoms with E-state index >= 15 is 0 Å². The number of rotatable bonds is 11. The van der Waals surface area contributed by atoms with Crippen LogP contribution in [-0.4, -0.2) is 59.0 Å². The minimum absolute atomic E-state index is 0.0515. The van der Waals surface area contributed by atoms with Crippen molar-refractivity contribution in [3.8, 4) is 22.8 Å². The topological polar surface area (TPSA) is 173 Å². The summed E-state index contributed by atoms with van der Waals surface area (Å²) in [6.07, 6.45) is 2.58. The van der Waals surface area contributed by atoms with Crippen LogP contribution >= 0.6 is 0 Å². The minimum atomic E-state index is -0.685. The van der Waals surface area contributed by atoms with Crippen molar-refractivity contribution >= 4 is 35.1 Å². The van der Waals surface area contributed by atoms with E-state index in [1.54, 1.807) is 51.1 Å². The molecule has 14 heteroatoms. The van der Waals surface area contributed by atoms with Gasteiger partial charge in [-0.15, -0.1) is 0 Å². The molecular weight excluding hydrogens is 634 g/mol. The van der Waals surface area contributed by atoms with Gasteiger partial charge in [-0.2, -0.15) is 0 Å². The van der Waals surface area contributed by atoms with Crippen LogP contribution in [0.2, 0.25) is 0 Å². The maximum absolute atomic E-state index is 12.1. The lowest BCUT2D eigenvalue weighted by Gasteiger charge is -2.25. The zero-order chi connectivity index (χ0) is 35.0. The average molecular weight is 672 g/mol. The summed E-state index contributed by atoms with van der Waals surface area (Å²) in [6, 6.07) is 18.0. The van der Waals surface area contributed by atoms with Gasteiger partial charge >= 0.3 is 12.1 Å². The third-order valence-electron chi connectivity index (χ3n) is 7.17. The summed E-state index contributed by atoms with van der Waals surface area (Å²) in [7, 11) is 1.20. The van der Waals surface area contributed by atoms with Crippen LogP contribution in [0.3, 0.4) is 0 Å². The number of hydrogen-bond donors (Lipinski definition) is 2. The van der Waals surface area contributed by atoms with Crippen molar-refractivity contribution in [1.82, 2.24) is 9.97 Å². The molecule has 1 saturated heterocycles. The van der Waals surface area contributed by atoms with Crippen molar-refractivity contribution in [3.63, 3.8) is 0 Å². The SMILES string of the molecule is COC(=O)c1ccc(-c2ccnc(Nc3ccc(OC4CCCOC4)c(COc4ccc(NC(=O)OC(C)(C)C)cc4)c3)n2)c([N+](=O)[O-])c1. The Morgan fingerprint density at radius 1 is 1.04 bits per heavy atom. The summed E-state index contributed by atoms with van der Waals surface area (Å²) in [5.41, 5.74) is 1.54. The molecule has 2 heterocycles. The van der Waals surface area contributed by atoms with Gasteiger partial charge in [0.25, 0.3) is 5.69 Å². The standard InChI is InChI=1S/C35H37N5O9/c1-35(2,3)49-34(42)38-24-8-11-26(12-9-24)47-20-23-18-25(10-14-31(23)48-27-6-5-17-46-21-27)37-33-36-16-15-29(39-33)28-13-7-22(32(41)45-4)19-30(28)40(43)44/h7-16,18-19,27H,5-6,17,20-21H2,1-4H3,(H,38,42)(H,36,37,39). The molecule has 0 spiro atoms. The Kier molecular flexibility index (Phi) is 10.9. The minimum Gasteiger partial charge on any atom is -0.489 e. The smallest absolute Gasteiger partial charge is 0.412 e. The first-order chi connectivity index (χ1) is 23.5. The Labute approximate surface area is 282 Å². The summed E-state index contributed by atoms with van der Waals surface area (Å²) >= 11 is 0. The zero-order valence-corrected chi connectivity index (χ0v) is 27.6. The van der Waals surface area contributed by atoms with Crippen molar-refractivity contribution in [2.45, 2.75) is 51.9 Å². The van der Waals surface area contributed by atoms with E-state index in [-0.39, 0.29) is 41.2 Å². The normalized spacial score (nSPS) is 14.3. The number of ether oxygens (including phenoxy) is 5. The van der Waals surface area contributed by atoms with E-state index in [0.717, 1.165) is 24.5 Å². The van der Waals surface area contributed by atoms with Crippen LogP contribution < -0.4 is 20.1 Å². The number of amides is 1. The van der Waals surface area contributed by atoms with E-state index in [1.165, 1.54) is 25.4 Å². The van der Waals surface area contributed by atoms with Crippen LogP contribution in [-0.2, 0) is 20.8 Å². The number of methoxy groups -OCH3 is 1. The molecule has 4 aromatic rings. The van der Waals surface area contributed by atoms with Crippen molar-refractivity contribution in [1.29, 1.82) is 0 Å². The van der Waals surface area contributed by atoms with Crippen LogP contribution in [0.25, 0.3) is 11.3 Å². The van der Waals surface area contributed by atoms with Gasteiger partial charge in [0, 0.05) is 35.8 Å². The monoisotopic (exact) mass is 671 g/mol. The van der Waals surface area contributed by atoms with Crippen molar-refractivity contribution in [2.24, 2.45) is 0 Å². The van der Waals surface area contributed by atoms with E-state index in [1.807, 2.05) is 18.2 Å². The Balaban J connectivity index is 1.34. The van der Waals surface area contributed by atoms with Gasteiger partial charge in [0.1, 0.15) is 29.8 Å². The fourth-order valence-corrected chi connectivity index (χ4v) is 4.93. The van der Waals surface area contributed by atoms with Crippen LogP contribution in [0.5, 0.6) is 11.5 Å². The predicted molar refractivity (Wildman–Crippen MR) is 180 cm³/mol. The van der Waals surface area contributed by atoms with E-state index in [0.29, 0.717) is 36.1 Å². The molecule has 1 atom stereocenters. The molecule has 14 nitrogen and oxygen atoms in total. The highest BCUT2D eigenvalue weighted by Crippen LogP contribution is 2.32. The number of nitrogens with one attached hydrogen (secondary N) is 2. The lowest BCUT2D eigenvalue weighted by atomic mass is 10.1. The number of benzene rings is 3. The zero-order valence-electron chi connectivity index (χ0n) is 27.6. The van der Waals surface area contributed by atoms with Crippen LogP contribution in [0.4, 0.5) is 27.8 Å². The Morgan fingerprint density at radius 3 is 2.51 bits per heavy atom. The van der Waals surface area contributed by atoms with Gasteiger partial charge in [0.15, 0.2) is 0 Å². The van der Waals surface area contributed by atoms with Gasteiger partial charge in [0.05, 0.1) is 35.5 Å². The second-order valence-electron chi connectivity index (χ2n) is 12.1. The molecule has 0 bridgehead atoms. The van der Waals surface area contributed by atoms with Crippen LogP contribution in [0.1, 0.15) is 49.5 Å². The highest BCUT2D eigenvalue weighted by Gasteiger charge is 2.22. The second kappa shape index (κ2) is 15.4. The number of hydrogen-bond acceptors (Lipinski definition) is 12. The first kappa shape index (κ1) is 34.6. The van der Waals surface area contributed by atoms with Gasteiger partial charge in [-0.25, -0.2) is 19.6 Å². The summed E-state index contributed by atoms with van der Waals surface area (Å²) in [5, 5.41) is 17.7. The molecule has 1 unspecified atom stereocenters. The molecule has 2 N–H and O–H groups in total. The molecule has 0 saturated carbocycles. The quantitative estimate of drug-likeness (QED) is 0.0945. The lowest BCUT2D eigenvalue weighted by Crippen LogP contribution is -2.28. The van der Waals surface area contributed by atoms with Crippen LogP contribution in [0, 0.1) is 10.1 Å². The summed E-state index contributed by atoms with van der Waals surface area (Å²) < 4.78 is 28.0. The van der Waals surface area contributed by atoms with Gasteiger partial charge in [0.2, 0.25) is 5.95 Å². The fraction of sp³-hybridized carbons (Fsp3) is 0.314. The second-order valence-corrected chi connectivity index (χ2v) is 12.1. The van der Waals surface area contributed by atoms with Gasteiger partial charge in [-0.1, -0.05) is 0 Å². The lowest BCUT2D eigenvalue weighted by molar-refractivity contribution is -0.384. The molecule has 0 aliphatic carbocycles. The number of carbonyl (C=O) groups excluding carboxylic acids is 2. The van der Waals surface area contributed by atoms with E-state index in [9.17, 15) is 19.7 Å². The third kappa shape index (κ3) is 9.64. The Bertz CT molecular complexity index is 1800. The Hall–Kier alpha value is -5.76. The molecule has 1 amide bonds. The first-order valence-electron chi connectivity index (χ1n) is 15.5. The highest BCUT2D eigenvalue weighted by molar-refractivity contribution is 5.91. The highest BCUT2D eigenvalue weighted by atomic mass is 16.6. The number of anilines is 3. The number of nitro benzene ring substituents is 1. The summed E-state index contributed by atoms with van der Waals surface area (Å²) in [4.78, 5) is 44.1. The first-order valence-corrected chi connectivity index (χ1v) is 15.5. The molecule has 49 heavy (non-hydrogen) atoms.